The summed E-state index contributed by atoms with van der Waals surface area (Å²) in [4.78, 5) is 13.4. The molecule has 1 N–H and O–H groups in total. The van der Waals surface area contributed by atoms with E-state index in [2.05, 4.69) is 5.10 Å². The van der Waals surface area contributed by atoms with E-state index < -0.39 is 6.10 Å². The molecular formula is C14H23N3O4. The molecule has 0 saturated carbocycles. The summed E-state index contributed by atoms with van der Waals surface area (Å²) in [6.45, 7) is 3.57. The highest BCUT2D eigenvalue weighted by Gasteiger charge is 2.35. The zero-order valence-electron chi connectivity index (χ0n) is 12.6. The number of aryl methyl sites for hydroxylation is 1. The van der Waals surface area contributed by atoms with Crippen molar-refractivity contribution in [1.29, 1.82) is 0 Å². The molecule has 2 heterocycles. The lowest BCUT2D eigenvalue weighted by Gasteiger charge is -2.16. The molecule has 0 radical (unpaired) electrons. The molecule has 1 fully saturated rings. The van der Waals surface area contributed by atoms with E-state index in [9.17, 15) is 9.90 Å². The van der Waals surface area contributed by atoms with Crippen molar-refractivity contribution in [2.45, 2.75) is 25.9 Å². The Bertz CT molecular complexity index is 463. The maximum atomic E-state index is 11.8. The van der Waals surface area contributed by atoms with E-state index >= 15 is 0 Å². The average Bonchev–Trinajstić information content (AvgIpc) is 3.03. The van der Waals surface area contributed by atoms with Gasteiger partial charge in [-0.15, -0.1) is 0 Å². The van der Waals surface area contributed by atoms with E-state index in [1.54, 1.807) is 17.1 Å². The van der Waals surface area contributed by atoms with Crippen LogP contribution in [0.1, 0.15) is 19.8 Å². The number of likely N-dealkylation sites (tertiary alicyclic amines) is 1. The molecule has 2 atom stereocenters. The molecule has 0 bridgehead atoms. The summed E-state index contributed by atoms with van der Waals surface area (Å²) in [5, 5.41) is 14.0. The number of ether oxygens (including phenoxy) is 2. The van der Waals surface area contributed by atoms with Crippen molar-refractivity contribution >= 4 is 6.09 Å². The Kier molecular flexibility index (Phi) is 5.44. The Morgan fingerprint density at radius 1 is 1.52 bits per heavy atom. The first-order chi connectivity index (χ1) is 10.1. The fourth-order valence-electron chi connectivity index (χ4n) is 2.24. The Morgan fingerprint density at radius 2 is 2.33 bits per heavy atom. The highest BCUT2D eigenvalue weighted by Crippen LogP contribution is 2.19. The van der Waals surface area contributed by atoms with Crippen molar-refractivity contribution < 1.29 is 19.4 Å². The summed E-state index contributed by atoms with van der Waals surface area (Å²) in [6, 6.07) is 0. The van der Waals surface area contributed by atoms with Crippen LogP contribution >= 0.6 is 0 Å². The van der Waals surface area contributed by atoms with E-state index in [-0.39, 0.29) is 12.0 Å². The molecule has 0 spiro atoms. The van der Waals surface area contributed by atoms with E-state index in [4.69, 9.17) is 9.47 Å². The van der Waals surface area contributed by atoms with Gasteiger partial charge in [0.2, 0.25) is 0 Å². The van der Waals surface area contributed by atoms with Crippen LogP contribution in [-0.4, -0.2) is 58.3 Å². The van der Waals surface area contributed by atoms with Gasteiger partial charge in [0.15, 0.2) is 5.75 Å². The molecular weight excluding hydrogens is 274 g/mol. The molecule has 1 aromatic heterocycles. The van der Waals surface area contributed by atoms with Crippen LogP contribution in [-0.2, 0) is 11.8 Å². The second kappa shape index (κ2) is 7.31. The standard InChI is InChI=1S/C14H23N3O4/c1-3-4-5-20-14(19)17-7-11(13(18)9-17)10-21-12-6-15-16(2)8-12/h6,8,11,13,18H,3-5,7,9-10H2,1-2H3. The first-order valence-electron chi connectivity index (χ1n) is 7.31. The normalized spacial score (nSPS) is 21.6. The minimum absolute atomic E-state index is 0.107. The third-order valence-electron chi connectivity index (χ3n) is 3.53. The summed E-state index contributed by atoms with van der Waals surface area (Å²) in [6.07, 6.45) is 4.29. The van der Waals surface area contributed by atoms with Crippen molar-refractivity contribution in [3.63, 3.8) is 0 Å². The third-order valence-corrected chi connectivity index (χ3v) is 3.53. The number of hydrogen-bond donors (Lipinski definition) is 1. The van der Waals surface area contributed by atoms with Crippen LogP contribution < -0.4 is 4.74 Å². The monoisotopic (exact) mass is 297 g/mol. The topological polar surface area (TPSA) is 76.8 Å². The SMILES string of the molecule is CCCCOC(=O)N1CC(O)C(COc2cnn(C)c2)C1. The summed E-state index contributed by atoms with van der Waals surface area (Å²) < 4.78 is 12.4. The zero-order valence-corrected chi connectivity index (χ0v) is 12.6. The van der Waals surface area contributed by atoms with Gasteiger partial charge in [-0.3, -0.25) is 4.68 Å². The van der Waals surface area contributed by atoms with Crippen molar-refractivity contribution in [2.24, 2.45) is 13.0 Å². The Balaban J connectivity index is 1.76. The van der Waals surface area contributed by atoms with Gasteiger partial charge in [-0.2, -0.15) is 5.10 Å². The van der Waals surface area contributed by atoms with Gasteiger partial charge in [-0.25, -0.2) is 4.79 Å². The third kappa shape index (κ3) is 4.35. The van der Waals surface area contributed by atoms with Crippen LogP contribution in [0.5, 0.6) is 5.75 Å². The van der Waals surface area contributed by atoms with Crippen molar-refractivity contribution in [3.05, 3.63) is 12.4 Å². The average molecular weight is 297 g/mol. The number of rotatable bonds is 6. The summed E-state index contributed by atoms with van der Waals surface area (Å²) in [5.74, 6) is 0.553. The molecule has 7 heteroatoms. The second-order valence-electron chi connectivity index (χ2n) is 5.36. The first kappa shape index (κ1) is 15.6. The van der Waals surface area contributed by atoms with Gasteiger partial charge in [0.25, 0.3) is 0 Å². The number of aromatic nitrogens is 2. The molecule has 0 aromatic carbocycles. The van der Waals surface area contributed by atoms with Gasteiger partial charge in [-0.05, 0) is 6.42 Å². The maximum absolute atomic E-state index is 11.8. The molecule has 2 unspecified atom stereocenters. The quantitative estimate of drug-likeness (QED) is 0.794. The molecule has 1 aliphatic rings. The number of amides is 1. The van der Waals surface area contributed by atoms with Gasteiger partial charge < -0.3 is 19.5 Å². The predicted molar refractivity (Wildman–Crippen MR) is 76.0 cm³/mol. The first-order valence-corrected chi connectivity index (χ1v) is 7.31. The van der Waals surface area contributed by atoms with Crippen LogP contribution in [0.3, 0.4) is 0 Å². The molecule has 1 saturated heterocycles. The summed E-state index contributed by atoms with van der Waals surface area (Å²) in [5.41, 5.74) is 0. The molecule has 0 aliphatic carbocycles. The van der Waals surface area contributed by atoms with E-state index in [0.717, 1.165) is 12.8 Å². The van der Waals surface area contributed by atoms with Crippen molar-refractivity contribution in [3.8, 4) is 5.75 Å². The largest absolute Gasteiger partial charge is 0.490 e. The maximum Gasteiger partial charge on any atom is 0.409 e. The number of aliphatic hydroxyl groups excluding tert-OH is 1. The van der Waals surface area contributed by atoms with Crippen LogP contribution in [0.4, 0.5) is 4.79 Å². The van der Waals surface area contributed by atoms with E-state index in [0.29, 0.717) is 32.1 Å². The number of aliphatic hydroxyl groups is 1. The molecule has 21 heavy (non-hydrogen) atoms. The van der Waals surface area contributed by atoms with Gasteiger partial charge >= 0.3 is 6.09 Å². The Hall–Kier alpha value is -1.76. The van der Waals surface area contributed by atoms with E-state index in [1.165, 1.54) is 4.90 Å². The van der Waals surface area contributed by atoms with Crippen LogP contribution in [0.2, 0.25) is 0 Å². The minimum Gasteiger partial charge on any atom is -0.490 e. The predicted octanol–water partition coefficient (Wildman–Crippen LogP) is 1.03. The van der Waals surface area contributed by atoms with Gasteiger partial charge in [0.05, 0.1) is 38.3 Å². The van der Waals surface area contributed by atoms with Gasteiger partial charge in [0.1, 0.15) is 0 Å². The molecule has 2 rings (SSSR count). The number of β-amino-alcohol motifs (C(OH)–C–C–N with tert-alkyl or cyclic N) is 1. The molecule has 1 aromatic rings. The number of carbonyl (C=O) groups excluding carboxylic acids is 1. The number of carbonyl (C=O) groups is 1. The fraction of sp³-hybridized carbons (Fsp3) is 0.714. The number of hydrogen-bond acceptors (Lipinski definition) is 5. The molecule has 118 valence electrons. The zero-order chi connectivity index (χ0) is 15.2. The van der Waals surface area contributed by atoms with Gasteiger partial charge in [0, 0.05) is 19.5 Å². The highest BCUT2D eigenvalue weighted by molar-refractivity contribution is 5.68. The molecule has 1 aliphatic heterocycles. The Labute approximate surface area is 124 Å². The van der Waals surface area contributed by atoms with Crippen LogP contribution in [0.15, 0.2) is 12.4 Å². The summed E-state index contributed by atoms with van der Waals surface area (Å²) in [7, 11) is 1.81. The second-order valence-corrected chi connectivity index (χ2v) is 5.36. The summed E-state index contributed by atoms with van der Waals surface area (Å²) >= 11 is 0. The van der Waals surface area contributed by atoms with Crippen molar-refractivity contribution in [1.82, 2.24) is 14.7 Å². The van der Waals surface area contributed by atoms with Crippen LogP contribution in [0.25, 0.3) is 0 Å². The number of unbranched alkanes of at least 4 members (excludes halogenated alkanes) is 1. The Morgan fingerprint density at radius 3 is 3.00 bits per heavy atom. The molecule has 7 nitrogen and oxygen atoms in total. The lowest BCUT2D eigenvalue weighted by Crippen LogP contribution is -2.30. The highest BCUT2D eigenvalue weighted by atomic mass is 16.6. The van der Waals surface area contributed by atoms with Gasteiger partial charge in [-0.1, -0.05) is 13.3 Å². The van der Waals surface area contributed by atoms with E-state index in [1.807, 2.05) is 14.0 Å². The van der Waals surface area contributed by atoms with Crippen molar-refractivity contribution in [2.75, 3.05) is 26.3 Å². The molecule has 1 amide bonds. The fourth-order valence-corrected chi connectivity index (χ4v) is 2.24. The lowest BCUT2D eigenvalue weighted by atomic mass is 10.1. The smallest absolute Gasteiger partial charge is 0.409 e. The van der Waals surface area contributed by atoms with Crippen LogP contribution in [0, 0.1) is 5.92 Å². The lowest BCUT2D eigenvalue weighted by molar-refractivity contribution is 0.0987. The minimum atomic E-state index is -0.583. The number of nitrogens with zero attached hydrogens (tertiary/aromatic N) is 3.